The average molecular weight is 398 g/mol. The molecule has 3 aromatic carbocycles. The van der Waals surface area contributed by atoms with E-state index in [1.165, 1.54) is 4.68 Å². The molecular weight excluding hydrogens is 376 g/mol. The van der Waals surface area contributed by atoms with Crippen molar-refractivity contribution in [1.82, 2.24) is 9.66 Å². The number of ether oxygens (including phenoxy) is 1. The van der Waals surface area contributed by atoms with Crippen LogP contribution >= 0.6 is 0 Å². The van der Waals surface area contributed by atoms with Gasteiger partial charge in [-0.1, -0.05) is 42.5 Å². The molecule has 0 amide bonds. The van der Waals surface area contributed by atoms with Gasteiger partial charge in [-0.15, -0.1) is 0 Å². The van der Waals surface area contributed by atoms with E-state index < -0.39 is 0 Å². The molecular formula is C24H22N4O2. The third-order valence-electron chi connectivity index (χ3n) is 4.85. The smallest absolute Gasteiger partial charge is 0.282 e. The number of nitrogens with two attached hydrogens (primary N) is 1. The molecule has 150 valence electrons. The van der Waals surface area contributed by atoms with Crippen molar-refractivity contribution in [2.75, 3.05) is 5.73 Å². The fraction of sp³-hybridized carbons (Fsp3) is 0.125. The number of aryl methyl sites for hydroxylation is 1. The molecule has 4 rings (SSSR count). The number of para-hydroxylation sites is 2. The predicted octanol–water partition coefficient (Wildman–Crippen LogP) is 4.14. The van der Waals surface area contributed by atoms with E-state index in [0.717, 1.165) is 16.9 Å². The van der Waals surface area contributed by atoms with Crippen molar-refractivity contribution in [3.05, 3.63) is 100 Å². The maximum Gasteiger partial charge on any atom is 0.282 e. The molecule has 6 nitrogen and oxygen atoms in total. The number of hydrogen-bond acceptors (Lipinski definition) is 5. The maximum absolute atomic E-state index is 13.2. The molecule has 0 atom stereocenters. The van der Waals surface area contributed by atoms with Gasteiger partial charge >= 0.3 is 0 Å². The Hall–Kier alpha value is -3.93. The molecule has 0 fully saturated rings. The van der Waals surface area contributed by atoms with Crippen LogP contribution in [0.4, 0.5) is 5.69 Å². The first-order valence-electron chi connectivity index (χ1n) is 9.63. The number of nitrogens with zero attached hydrogens (tertiary/aromatic N) is 3. The van der Waals surface area contributed by atoms with E-state index in [1.807, 2.05) is 68.4 Å². The summed E-state index contributed by atoms with van der Waals surface area (Å²) in [7, 11) is 0. The summed E-state index contributed by atoms with van der Waals surface area (Å²) in [6, 6.07) is 22.3. The molecule has 0 radical (unpaired) electrons. The van der Waals surface area contributed by atoms with Crippen LogP contribution in [0.5, 0.6) is 5.75 Å². The zero-order valence-corrected chi connectivity index (χ0v) is 16.9. The molecule has 1 aromatic heterocycles. The number of hydrogen-bond donors (Lipinski definition) is 1. The Bertz CT molecular complexity index is 1290. The van der Waals surface area contributed by atoms with Crippen LogP contribution in [-0.4, -0.2) is 15.4 Å². The van der Waals surface area contributed by atoms with Crippen LogP contribution < -0.4 is 16.0 Å². The second-order valence-corrected chi connectivity index (χ2v) is 7.02. The minimum atomic E-state index is -0.237. The molecule has 0 aliphatic heterocycles. The van der Waals surface area contributed by atoms with E-state index in [9.17, 15) is 4.79 Å². The molecule has 0 aliphatic carbocycles. The highest BCUT2D eigenvalue weighted by Crippen LogP contribution is 2.18. The SMILES string of the molecule is CC(=Nn1c(COc2ccccc2C)nc2ccccc2c1=O)c1ccc(N)cc1. The fourth-order valence-electron chi connectivity index (χ4n) is 3.16. The minimum Gasteiger partial charge on any atom is -0.485 e. The van der Waals surface area contributed by atoms with E-state index in [-0.39, 0.29) is 12.2 Å². The number of anilines is 1. The lowest BCUT2D eigenvalue weighted by molar-refractivity contribution is 0.287. The first-order chi connectivity index (χ1) is 14.5. The van der Waals surface area contributed by atoms with Gasteiger partial charge in [-0.3, -0.25) is 4.79 Å². The van der Waals surface area contributed by atoms with Crippen LogP contribution in [-0.2, 0) is 6.61 Å². The Morgan fingerprint density at radius 1 is 1.03 bits per heavy atom. The van der Waals surface area contributed by atoms with Gasteiger partial charge in [0.1, 0.15) is 12.4 Å². The quantitative estimate of drug-likeness (QED) is 0.405. The molecule has 0 aliphatic rings. The summed E-state index contributed by atoms with van der Waals surface area (Å²) in [5.41, 5.74) is 9.37. The summed E-state index contributed by atoms with van der Waals surface area (Å²) >= 11 is 0. The van der Waals surface area contributed by atoms with Gasteiger partial charge in [-0.2, -0.15) is 9.78 Å². The maximum atomic E-state index is 13.2. The van der Waals surface area contributed by atoms with Crippen LogP contribution in [0.25, 0.3) is 10.9 Å². The van der Waals surface area contributed by atoms with Crippen LogP contribution in [0.1, 0.15) is 23.9 Å². The van der Waals surface area contributed by atoms with Crippen molar-refractivity contribution in [3.8, 4) is 5.75 Å². The van der Waals surface area contributed by atoms with Gasteiger partial charge in [0.05, 0.1) is 16.6 Å². The lowest BCUT2D eigenvalue weighted by Gasteiger charge is -2.13. The standard InChI is InChI=1S/C24H22N4O2/c1-16-7-3-6-10-22(16)30-15-23-26-21-9-5-4-8-20(21)24(29)28(23)27-17(2)18-11-13-19(25)14-12-18/h3-14H,15,25H2,1-2H3. The summed E-state index contributed by atoms with van der Waals surface area (Å²) < 4.78 is 7.29. The lowest BCUT2D eigenvalue weighted by Crippen LogP contribution is -2.24. The van der Waals surface area contributed by atoms with E-state index in [0.29, 0.717) is 28.1 Å². The van der Waals surface area contributed by atoms with E-state index in [2.05, 4.69) is 10.1 Å². The average Bonchev–Trinajstić information content (AvgIpc) is 2.76. The zero-order valence-electron chi connectivity index (χ0n) is 16.9. The van der Waals surface area contributed by atoms with Gasteiger partial charge in [0.25, 0.3) is 5.56 Å². The number of fused-ring (bicyclic) bond motifs is 1. The fourth-order valence-corrected chi connectivity index (χ4v) is 3.16. The van der Waals surface area contributed by atoms with Crippen LogP contribution in [0, 0.1) is 6.92 Å². The molecule has 0 spiro atoms. The minimum absolute atomic E-state index is 0.115. The summed E-state index contributed by atoms with van der Waals surface area (Å²) in [6.45, 7) is 3.93. The third kappa shape index (κ3) is 3.93. The largest absolute Gasteiger partial charge is 0.485 e. The Labute approximate surface area is 174 Å². The van der Waals surface area contributed by atoms with Gasteiger partial charge in [-0.05, 0) is 55.3 Å². The zero-order chi connectivity index (χ0) is 21.1. The summed E-state index contributed by atoms with van der Waals surface area (Å²) in [5, 5.41) is 5.09. The van der Waals surface area contributed by atoms with Crippen molar-refractivity contribution in [1.29, 1.82) is 0 Å². The van der Waals surface area contributed by atoms with Crippen LogP contribution in [0.15, 0.2) is 82.7 Å². The second-order valence-electron chi connectivity index (χ2n) is 7.02. The number of nitrogen functional groups attached to an aromatic ring is 1. The Morgan fingerprint density at radius 2 is 1.73 bits per heavy atom. The first-order valence-corrected chi connectivity index (χ1v) is 9.63. The molecule has 2 N–H and O–H groups in total. The monoisotopic (exact) mass is 398 g/mol. The Balaban J connectivity index is 1.80. The lowest BCUT2D eigenvalue weighted by atomic mass is 10.1. The first kappa shape index (κ1) is 19.4. The van der Waals surface area contributed by atoms with Crippen molar-refractivity contribution in [2.45, 2.75) is 20.5 Å². The van der Waals surface area contributed by atoms with E-state index >= 15 is 0 Å². The second kappa shape index (κ2) is 8.21. The molecule has 1 heterocycles. The Kier molecular flexibility index (Phi) is 5.30. The van der Waals surface area contributed by atoms with Crippen molar-refractivity contribution >= 4 is 22.3 Å². The predicted molar refractivity (Wildman–Crippen MR) is 120 cm³/mol. The molecule has 0 saturated carbocycles. The van der Waals surface area contributed by atoms with Gasteiger partial charge in [-0.25, -0.2) is 4.98 Å². The molecule has 0 unspecified atom stereocenters. The van der Waals surface area contributed by atoms with Crippen molar-refractivity contribution in [2.24, 2.45) is 5.10 Å². The van der Waals surface area contributed by atoms with Gasteiger partial charge in [0.15, 0.2) is 5.82 Å². The number of rotatable bonds is 5. The number of aromatic nitrogens is 2. The Morgan fingerprint density at radius 3 is 2.50 bits per heavy atom. The topological polar surface area (TPSA) is 82.5 Å². The van der Waals surface area contributed by atoms with Crippen molar-refractivity contribution < 1.29 is 4.74 Å². The summed E-state index contributed by atoms with van der Waals surface area (Å²) in [6.07, 6.45) is 0. The number of benzene rings is 3. The van der Waals surface area contributed by atoms with E-state index in [4.69, 9.17) is 10.5 Å². The van der Waals surface area contributed by atoms with Gasteiger partial charge in [0.2, 0.25) is 0 Å². The third-order valence-corrected chi connectivity index (χ3v) is 4.85. The van der Waals surface area contributed by atoms with Crippen LogP contribution in [0.3, 0.4) is 0 Å². The molecule has 0 bridgehead atoms. The van der Waals surface area contributed by atoms with Gasteiger partial charge in [0, 0.05) is 5.69 Å². The summed E-state index contributed by atoms with van der Waals surface area (Å²) in [4.78, 5) is 17.8. The summed E-state index contributed by atoms with van der Waals surface area (Å²) in [5.74, 6) is 1.17. The highest BCUT2D eigenvalue weighted by molar-refractivity contribution is 5.98. The highest BCUT2D eigenvalue weighted by atomic mass is 16.5. The van der Waals surface area contributed by atoms with Crippen molar-refractivity contribution in [3.63, 3.8) is 0 Å². The normalized spacial score (nSPS) is 11.6. The highest BCUT2D eigenvalue weighted by Gasteiger charge is 2.12. The van der Waals surface area contributed by atoms with E-state index in [1.54, 1.807) is 18.2 Å². The molecule has 30 heavy (non-hydrogen) atoms. The van der Waals surface area contributed by atoms with Crippen LogP contribution in [0.2, 0.25) is 0 Å². The molecule has 0 saturated heterocycles. The van der Waals surface area contributed by atoms with Gasteiger partial charge < -0.3 is 10.5 Å². The molecule has 6 heteroatoms. The molecule has 4 aromatic rings.